The van der Waals surface area contributed by atoms with Gasteiger partial charge < -0.3 is 4.57 Å². The molecule has 142 valence electrons. The molecule has 1 amide bonds. The van der Waals surface area contributed by atoms with Crippen molar-refractivity contribution in [2.24, 2.45) is 12.0 Å². The van der Waals surface area contributed by atoms with Crippen molar-refractivity contribution in [3.8, 4) is 0 Å². The zero-order valence-electron chi connectivity index (χ0n) is 15.0. The average Bonchev–Trinajstić information content (AvgIpc) is 3.30. The number of rotatable bonds is 5. The number of allylic oxidation sites excluding steroid dienone is 1. The van der Waals surface area contributed by atoms with Crippen LogP contribution in [0.5, 0.6) is 0 Å². The van der Waals surface area contributed by atoms with Crippen LogP contribution in [0.2, 0.25) is 0 Å². The summed E-state index contributed by atoms with van der Waals surface area (Å²) in [6, 6.07) is 7.27. The van der Waals surface area contributed by atoms with Gasteiger partial charge in [-0.25, -0.2) is 0 Å². The van der Waals surface area contributed by atoms with E-state index in [1.165, 1.54) is 27.7 Å². The molecule has 0 spiro atoms. The molecule has 0 saturated heterocycles. The Morgan fingerprint density at radius 3 is 2.93 bits per heavy atom. The summed E-state index contributed by atoms with van der Waals surface area (Å²) in [6.07, 6.45) is 3.49. The maximum Gasteiger partial charge on any atom is 0.263 e. The third-order valence-corrected chi connectivity index (χ3v) is 5.86. The van der Waals surface area contributed by atoms with E-state index < -0.39 is 0 Å². The molecule has 0 saturated carbocycles. The molecule has 28 heavy (non-hydrogen) atoms. The predicted molar refractivity (Wildman–Crippen MR) is 110 cm³/mol. The summed E-state index contributed by atoms with van der Waals surface area (Å²) in [4.78, 5) is 29.8. The number of hydrogen-bond donors (Lipinski definition) is 0. The lowest BCUT2D eigenvalue weighted by atomic mass is 10.2. The zero-order valence-corrected chi connectivity index (χ0v) is 16.6. The van der Waals surface area contributed by atoms with Gasteiger partial charge in [0.2, 0.25) is 5.78 Å². The Hall–Kier alpha value is -2.98. The highest BCUT2D eigenvalue weighted by molar-refractivity contribution is 7.99. The van der Waals surface area contributed by atoms with Crippen LogP contribution in [0.4, 0.5) is 0 Å². The Bertz CT molecular complexity index is 1330. The molecular formula is C18H16N6O2S2. The van der Waals surface area contributed by atoms with Gasteiger partial charge in [0.05, 0.1) is 16.7 Å². The molecule has 0 radical (unpaired) electrons. The van der Waals surface area contributed by atoms with Gasteiger partial charge >= 0.3 is 0 Å². The molecule has 3 aromatic heterocycles. The van der Waals surface area contributed by atoms with Gasteiger partial charge in [-0.15, -0.1) is 28.1 Å². The summed E-state index contributed by atoms with van der Waals surface area (Å²) in [6.45, 7) is 4.03. The van der Waals surface area contributed by atoms with Gasteiger partial charge in [0.1, 0.15) is 0 Å². The number of hydrogen-bond acceptors (Lipinski definition) is 6. The van der Waals surface area contributed by atoms with Crippen LogP contribution in [0.1, 0.15) is 0 Å². The highest BCUT2D eigenvalue weighted by Crippen LogP contribution is 2.21. The minimum Gasteiger partial charge on any atom is -0.327 e. The molecule has 0 aliphatic rings. The molecule has 4 aromatic rings. The second-order valence-corrected chi connectivity index (χ2v) is 7.75. The Kier molecular flexibility index (Phi) is 4.97. The fourth-order valence-corrected chi connectivity index (χ4v) is 4.29. The number of thiazole rings is 1. The van der Waals surface area contributed by atoms with Gasteiger partial charge in [-0.2, -0.15) is 4.99 Å². The molecule has 0 unspecified atom stereocenters. The van der Waals surface area contributed by atoms with E-state index in [2.05, 4.69) is 21.8 Å². The number of aryl methyl sites for hydroxylation is 1. The maximum atomic E-state index is 12.8. The molecule has 0 aliphatic heterocycles. The van der Waals surface area contributed by atoms with Gasteiger partial charge in [0, 0.05) is 25.2 Å². The molecule has 0 aliphatic carbocycles. The van der Waals surface area contributed by atoms with E-state index in [4.69, 9.17) is 0 Å². The molecular weight excluding hydrogens is 396 g/mol. The Labute approximate surface area is 167 Å². The molecule has 1 aromatic carbocycles. The maximum absolute atomic E-state index is 12.8. The minimum atomic E-state index is -0.261. The van der Waals surface area contributed by atoms with Crippen LogP contribution in [0.25, 0.3) is 16.7 Å². The Balaban J connectivity index is 1.76. The van der Waals surface area contributed by atoms with Crippen molar-refractivity contribution in [2.45, 2.75) is 11.7 Å². The van der Waals surface area contributed by atoms with Crippen LogP contribution in [0.3, 0.4) is 0 Å². The third-order valence-electron chi connectivity index (χ3n) is 4.09. The van der Waals surface area contributed by atoms with E-state index in [1.54, 1.807) is 21.1 Å². The van der Waals surface area contributed by atoms with E-state index in [-0.39, 0.29) is 17.2 Å². The van der Waals surface area contributed by atoms with Crippen LogP contribution in [0, 0.1) is 0 Å². The Morgan fingerprint density at radius 1 is 1.36 bits per heavy atom. The summed E-state index contributed by atoms with van der Waals surface area (Å²) < 4.78 is 5.11. The van der Waals surface area contributed by atoms with Gasteiger partial charge in [0.15, 0.2) is 9.96 Å². The second kappa shape index (κ2) is 7.56. The highest BCUT2D eigenvalue weighted by atomic mass is 32.2. The summed E-state index contributed by atoms with van der Waals surface area (Å²) >= 11 is 2.64. The van der Waals surface area contributed by atoms with Crippen LogP contribution in [-0.2, 0) is 18.4 Å². The van der Waals surface area contributed by atoms with Crippen LogP contribution in [0.15, 0.2) is 63.4 Å². The van der Waals surface area contributed by atoms with Crippen LogP contribution >= 0.6 is 23.1 Å². The quantitative estimate of drug-likeness (QED) is 0.369. The lowest BCUT2D eigenvalue weighted by Crippen LogP contribution is -2.22. The fraction of sp³-hybridized carbons (Fsp3) is 0.167. The molecule has 3 heterocycles. The topological polar surface area (TPSA) is 86.5 Å². The van der Waals surface area contributed by atoms with E-state index in [9.17, 15) is 9.59 Å². The number of nitrogens with zero attached hydrogens (tertiary/aromatic N) is 6. The molecule has 10 heteroatoms. The van der Waals surface area contributed by atoms with E-state index in [0.717, 1.165) is 0 Å². The number of benzene rings is 1. The predicted octanol–water partition coefficient (Wildman–Crippen LogP) is 1.85. The first kappa shape index (κ1) is 18.4. The molecule has 0 fully saturated rings. The van der Waals surface area contributed by atoms with Crippen molar-refractivity contribution in [3.05, 3.63) is 63.7 Å². The summed E-state index contributed by atoms with van der Waals surface area (Å²) in [5.41, 5.74) is 0.549. The average molecular weight is 413 g/mol. The van der Waals surface area contributed by atoms with Crippen LogP contribution in [-0.4, -0.2) is 35.4 Å². The first-order chi connectivity index (χ1) is 13.6. The molecule has 4 rings (SSSR count). The van der Waals surface area contributed by atoms with Crippen molar-refractivity contribution in [1.82, 2.24) is 23.7 Å². The molecule has 0 atom stereocenters. The third kappa shape index (κ3) is 3.20. The Morgan fingerprint density at radius 2 is 2.18 bits per heavy atom. The number of thioether (sulfide) groups is 1. The number of fused-ring (bicyclic) bond motifs is 3. The minimum absolute atomic E-state index is 0.119. The van der Waals surface area contributed by atoms with Gasteiger partial charge in [-0.1, -0.05) is 30.0 Å². The lowest BCUT2D eigenvalue weighted by Gasteiger charge is -2.09. The number of carbonyl (C=O) groups excluding carboxylic acids is 1. The zero-order chi connectivity index (χ0) is 19.7. The molecule has 8 nitrogen and oxygen atoms in total. The lowest BCUT2D eigenvalue weighted by molar-refractivity contribution is -0.115. The van der Waals surface area contributed by atoms with E-state index >= 15 is 0 Å². The molecule has 0 bridgehead atoms. The first-order valence-electron chi connectivity index (χ1n) is 8.38. The van der Waals surface area contributed by atoms with Crippen molar-refractivity contribution in [1.29, 1.82) is 0 Å². The standard InChI is InChI=1S/C18H16N6O2S2/c1-3-8-23-15(26)12-6-4-5-7-13(12)24-16(23)20-21-18(24)28-11-14(25)19-17-22(2)9-10-27-17/h3-7,9-10H,1,8,11H2,2H3. The van der Waals surface area contributed by atoms with Crippen LogP contribution < -0.4 is 10.4 Å². The van der Waals surface area contributed by atoms with Gasteiger partial charge in [-0.05, 0) is 12.1 Å². The van der Waals surface area contributed by atoms with Crippen molar-refractivity contribution >= 4 is 45.7 Å². The van der Waals surface area contributed by atoms with Gasteiger partial charge in [0.25, 0.3) is 11.5 Å². The normalized spacial score (nSPS) is 12.1. The summed E-state index contributed by atoms with van der Waals surface area (Å²) in [7, 11) is 1.84. The number of para-hydroxylation sites is 1. The van der Waals surface area contributed by atoms with E-state index in [0.29, 0.717) is 33.2 Å². The van der Waals surface area contributed by atoms with Crippen molar-refractivity contribution < 1.29 is 4.79 Å². The number of carbonyl (C=O) groups is 1. The van der Waals surface area contributed by atoms with E-state index in [1.807, 2.05) is 36.8 Å². The van der Waals surface area contributed by atoms with Crippen molar-refractivity contribution in [3.63, 3.8) is 0 Å². The summed E-state index contributed by atoms with van der Waals surface area (Å²) in [5.74, 6) is 0.275. The fourth-order valence-electron chi connectivity index (χ4n) is 2.82. The van der Waals surface area contributed by atoms with Gasteiger partial charge in [-0.3, -0.25) is 18.6 Å². The highest BCUT2D eigenvalue weighted by Gasteiger charge is 2.16. The largest absolute Gasteiger partial charge is 0.327 e. The summed E-state index contributed by atoms with van der Waals surface area (Å²) in [5, 5.41) is 11.3. The second-order valence-electron chi connectivity index (χ2n) is 5.93. The SMILES string of the molecule is C=CCn1c(=O)c2ccccc2n2c(SCC(=O)N=c3sccn3C)nnc12. The molecule has 0 N–H and O–H groups in total. The smallest absolute Gasteiger partial charge is 0.263 e. The number of amides is 1. The number of aromatic nitrogens is 5. The van der Waals surface area contributed by atoms with Crippen molar-refractivity contribution in [2.75, 3.05) is 5.75 Å². The monoisotopic (exact) mass is 412 g/mol. The first-order valence-corrected chi connectivity index (χ1v) is 10.2.